The average molecular weight is 524 g/mol. The molecule has 2 atom stereocenters. The van der Waals surface area contributed by atoms with Crippen molar-refractivity contribution in [2.75, 3.05) is 26.3 Å². The number of morpholine rings is 1. The van der Waals surface area contributed by atoms with E-state index in [2.05, 4.69) is 20.3 Å². The van der Waals surface area contributed by atoms with Gasteiger partial charge in [-0.05, 0) is 13.0 Å². The fourth-order valence-corrected chi connectivity index (χ4v) is 5.04. The molecule has 4 rings (SSSR count). The van der Waals surface area contributed by atoms with Crippen molar-refractivity contribution in [3.05, 3.63) is 58.8 Å². The molecule has 9 nitrogen and oxygen atoms in total. The Morgan fingerprint density at radius 1 is 1.19 bits per heavy atom. The Balaban J connectivity index is 1.78. The van der Waals surface area contributed by atoms with E-state index in [4.69, 9.17) is 10.5 Å². The van der Waals surface area contributed by atoms with E-state index in [0.29, 0.717) is 36.9 Å². The molecule has 0 radical (unpaired) electrons. The molecule has 1 saturated heterocycles. The number of allylic oxidation sites excluding steroid dienone is 2. The van der Waals surface area contributed by atoms with Crippen molar-refractivity contribution in [2.45, 2.75) is 31.3 Å². The summed E-state index contributed by atoms with van der Waals surface area (Å²) in [6.45, 7) is 3.46. The van der Waals surface area contributed by atoms with Gasteiger partial charge in [0.25, 0.3) is 0 Å². The lowest BCUT2D eigenvalue weighted by molar-refractivity contribution is -0.310. The predicted octanol–water partition coefficient (Wildman–Crippen LogP) is 2.47. The minimum absolute atomic E-state index is 0.000288. The minimum Gasteiger partial charge on any atom is -0.407 e. The predicted molar refractivity (Wildman–Crippen MR) is 124 cm³/mol. The van der Waals surface area contributed by atoms with Crippen LogP contribution in [0.25, 0.3) is 10.6 Å². The van der Waals surface area contributed by atoms with Crippen LogP contribution in [-0.4, -0.2) is 65.6 Å². The molecular weight excluding hydrogens is 499 g/mol. The minimum atomic E-state index is -5.07. The molecule has 0 saturated carbocycles. The van der Waals surface area contributed by atoms with Gasteiger partial charge in [0, 0.05) is 30.6 Å². The number of carbonyl (C=O) groups is 2. The normalized spacial score (nSPS) is 21.8. The molecule has 1 aliphatic carbocycles. The highest BCUT2D eigenvalue weighted by Crippen LogP contribution is 2.44. The summed E-state index contributed by atoms with van der Waals surface area (Å²) < 4.78 is 50.1. The zero-order valence-corrected chi connectivity index (χ0v) is 20.1. The number of benzene rings is 1. The van der Waals surface area contributed by atoms with Gasteiger partial charge in [0.05, 0.1) is 19.3 Å². The molecule has 2 aliphatic rings. The fraction of sp³-hybridized carbons (Fsp3) is 0.391. The van der Waals surface area contributed by atoms with Gasteiger partial charge in [-0.15, -0.1) is 23.4 Å². The van der Waals surface area contributed by atoms with E-state index in [1.54, 1.807) is 31.2 Å². The molecule has 0 spiro atoms. The second kappa shape index (κ2) is 10.4. The largest absolute Gasteiger partial charge is 0.572 e. The van der Waals surface area contributed by atoms with Gasteiger partial charge in [0.2, 0.25) is 11.8 Å². The standard InChI is InChI=1S/C23H24F3N5O4S/c1-14(31-9-11-34-12-10-31)19(33)28-22(21-30-29-20(36-21)15-5-3-2-4-6-15)13-16(18(27)32)7-8-17(22)35-23(24,25)26/h2-8,14H,9-13H2,1H3,(H2,27,32)(H,28,33). The second-order valence-corrected chi connectivity index (χ2v) is 9.29. The third-order valence-electron chi connectivity index (χ3n) is 5.97. The number of hydrogen-bond acceptors (Lipinski definition) is 8. The SMILES string of the molecule is CC(C(=O)NC1(c2nnc(-c3ccccc3)s2)CC(C(N)=O)=CC=C1OC(F)(F)F)N1CCOCC1. The summed E-state index contributed by atoms with van der Waals surface area (Å²) in [5.41, 5.74) is 4.20. The van der Waals surface area contributed by atoms with Crippen molar-refractivity contribution in [1.82, 2.24) is 20.4 Å². The lowest BCUT2D eigenvalue weighted by Gasteiger charge is -2.39. The van der Waals surface area contributed by atoms with Crippen LogP contribution >= 0.6 is 11.3 Å². The van der Waals surface area contributed by atoms with Gasteiger partial charge in [-0.25, -0.2) is 0 Å². The van der Waals surface area contributed by atoms with Gasteiger partial charge in [-0.3, -0.25) is 14.5 Å². The van der Waals surface area contributed by atoms with Crippen molar-refractivity contribution in [3.63, 3.8) is 0 Å². The van der Waals surface area contributed by atoms with Crippen molar-refractivity contribution < 1.29 is 32.2 Å². The molecular formula is C23H24F3N5O4S. The highest BCUT2D eigenvalue weighted by atomic mass is 32.1. The number of ether oxygens (including phenoxy) is 2. The second-order valence-electron chi connectivity index (χ2n) is 8.31. The highest BCUT2D eigenvalue weighted by Gasteiger charge is 2.50. The van der Waals surface area contributed by atoms with Crippen molar-refractivity contribution in [3.8, 4) is 10.6 Å². The molecule has 0 bridgehead atoms. The number of aromatic nitrogens is 2. The number of nitrogens with two attached hydrogens (primary N) is 1. The van der Waals surface area contributed by atoms with Crippen LogP contribution in [0.3, 0.4) is 0 Å². The summed E-state index contributed by atoms with van der Waals surface area (Å²) in [5, 5.41) is 11.4. The number of nitrogens with one attached hydrogen (secondary N) is 1. The molecule has 2 heterocycles. The van der Waals surface area contributed by atoms with Crippen LogP contribution in [0.5, 0.6) is 0 Å². The first-order chi connectivity index (χ1) is 17.1. The number of rotatable bonds is 7. The molecule has 1 aromatic heterocycles. The molecule has 3 N–H and O–H groups in total. The maximum absolute atomic E-state index is 13.5. The van der Waals surface area contributed by atoms with Gasteiger partial charge in [0.1, 0.15) is 10.8 Å². The van der Waals surface area contributed by atoms with Crippen LogP contribution in [-0.2, 0) is 24.6 Å². The van der Waals surface area contributed by atoms with Gasteiger partial charge in [0.15, 0.2) is 10.5 Å². The summed E-state index contributed by atoms with van der Waals surface area (Å²) in [6, 6.07) is 8.21. The number of carbonyl (C=O) groups excluding carboxylic acids is 2. The van der Waals surface area contributed by atoms with Crippen LogP contribution in [0.15, 0.2) is 53.8 Å². The molecule has 1 aliphatic heterocycles. The molecule has 2 aromatic rings. The Kier molecular flexibility index (Phi) is 7.43. The van der Waals surface area contributed by atoms with Crippen molar-refractivity contribution in [1.29, 1.82) is 0 Å². The van der Waals surface area contributed by atoms with E-state index >= 15 is 0 Å². The van der Waals surface area contributed by atoms with Crippen LogP contribution in [0.2, 0.25) is 0 Å². The van der Waals surface area contributed by atoms with Crippen LogP contribution in [0, 0.1) is 0 Å². The maximum Gasteiger partial charge on any atom is 0.572 e. The number of halogens is 3. The molecule has 36 heavy (non-hydrogen) atoms. The summed E-state index contributed by atoms with van der Waals surface area (Å²) in [4.78, 5) is 27.3. The van der Waals surface area contributed by atoms with Gasteiger partial charge >= 0.3 is 6.36 Å². The monoisotopic (exact) mass is 523 g/mol. The molecule has 13 heteroatoms. The molecule has 192 valence electrons. The molecule has 1 fully saturated rings. The Morgan fingerprint density at radius 3 is 2.53 bits per heavy atom. The van der Waals surface area contributed by atoms with Crippen LogP contribution in [0.1, 0.15) is 18.4 Å². The number of hydrogen-bond donors (Lipinski definition) is 2. The number of amides is 2. The number of primary amides is 1. The summed E-state index contributed by atoms with van der Waals surface area (Å²) in [7, 11) is 0. The summed E-state index contributed by atoms with van der Waals surface area (Å²) in [6.07, 6.45) is -3.32. The zero-order valence-electron chi connectivity index (χ0n) is 19.2. The van der Waals surface area contributed by atoms with Gasteiger partial charge in [-0.2, -0.15) is 0 Å². The van der Waals surface area contributed by atoms with E-state index in [1.807, 2.05) is 11.0 Å². The molecule has 2 amide bonds. The van der Waals surface area contributed by atoms with E-state index < -0.39 is 41.9 Å². The number of alkyl halides is 3. The van der Waals surface area contributed by atoms with E-state index in [9.17, 15) is 22.8 Å². The Hall–Kier alpha value is -3.29. The smallest absolute Gasteiger partial charge is 0.407 e. The lowest BCUT2D eigenvalue weighted by atomic mass is 9.84. The van der Waals surface area contributed by atoms with Crippen molar-refractivity contribution >= 4 is 23.2 Å². The maximum atomic E-state index is 13.5. The topological polar surface area (TPSA) is 120 Å². The summed E-state index contributed by atoms with van der Waals surface area (Å²) >= 11 is 0.986. The van der Waals surface area contributed by atoms with Gasteiger partial charge in [-0.1, -0.05) is 47.7 Å². The van der Waals surface area contributed by atoms with E-state index in [1.165, 1.54) is 0 Å². The zero-order chi connectivity index (χ0) is 25.9. The molecule has 2 unspecified atom stereocenters. The quantitative estimate of drug-likeness (QED) is 0.572. The number of nitrogens with zero attached hydrogens (tertiary/aromatic N) is 3. The first-order valence-electron chi connectivity index (χ1n) is 11.1. The van der Waals surface area contributed by atoms with Gasteiger partial charge < -0.3 is 20.5 Å². The summed E-state index contributed by atoms with van der Waals surface area (Å²) in [5.74, 6) is -2.06. The highest BCUT2D eigenvalue weighted by molar-refractivity contribution is 7.14. The Labute approximate surface area is 208 Å². The first-order valence-corrected chi connectivity index (χ1v) is 11.9. The third kappa shape index (κ3) is 5.58. The van der Waals surface area contributed by atoms with Crippen LogP contribution in [0.4, 0.5) is 13.2 Å². The Morgan fingerprint density at radius 2 is 1.89 bits per heavy atom. The first kappa shape index (κ1) is 25.8. The lowest BCUT2D eigenvalue weighted by Crippen LogP contribution is -2.57. The Bertz CT molecular complexity index is 1180. The van der Waals surface area contributed by atoms with E-state index in [-0.39, 0.29) is 10.6 Å². The van der Waals surface area contributed by atoms with Crippen molar-refractivity contribution in [2.24, 2.45) is 5.73 Å². The van der Waals surface area contributed by atoms with Crippen LogP contribution < -0.4 is 11.1 Å². The molecule has 1 aromatic carbocycles. The fourth-order valence-electron chi connectivity index (χ4n) is 4.04. The average Bonchev–Trinajstić information content (AvgIpc) is 3.36. The third-order valence-corrected chi connectivity index (χ3v) is 7.11. The van der Waals surface area contributed by atoms with E-state index in [0.717, 1.165) is 23.5 Å².